The molecule has 0 amide bonds. The Bertz CT molecular complexity index is 712. The largest absolute Gasteiger partial charge is 0.376 e. The molecule has 7 nitrogen and oxygen atoms in total. The summed E-state index contributed by atoms with van der Waals surface area (Å²) < 4.78 is 8.05. The van der Waals surface area contributed by atoms with Gasteiger partial charge in [0.25, 0.3) is 0 Å². The van der Waals surface area contributed by atoms with Gasteiger partial charge in [0.05, 0.1) is 12.7 Å². The number of nitrogens with one attached hydrogen (secondary N) is 2. The molecule has 0 aromatic carbocycles. The molecule has 2 N–H and O–H groups in total. The topological polar surface area (TPSA) is 75.8 Å². The van der Waals surface area contributed by atoms with Crippen molar-refractivity contribution in [1.29, 1.82) is 0 Å². The summed E-state index contributed by atoms with van der Waals surface area (Å²) in [4.78, 5) is 4.28. The van der Waals surface area contributed by atoms with Crippen LogP contribution in [-0.4, -0.2) is 53.4 Å². The Labute approximate surface area is 184 Å². The van der Waals surface area contributed by atoms with E-state index in [0.717, 1.165) is 50.0 Å². The van der Waals surface area contributed by atoms with Crippen molar-refractivity contribution < 1.29 is 4.74 Å². The Kier molecular flexibility index (Phi) is 10.6. The highest BCUT2D eigenvalue weighted by Crippen LogP contribution is 2.19. The quantitative estimate of drug-likeness (QED) is 0.192. The molecule has 0 radical (unpaired) electrons. The number of hydrogen-bond donors (Lipinski definition) is 2. The fourth-order valence-corrected chi connectivity index (χ4v) is 3.54. The maximum atomic E-state index is 6.01. The van der Waals surface area contributed by atoms with Gasteiger partial charge in [-0.3, -0.25) is 9.39 Å². The average molecular weight is 500 g/mol. The summed E-state index contributed by atoms with van der Waals surface area (Å²) in [7, 11) is 1.80. The van der Waals surface area contributed by atoms with Crippen LogP contribution in [0.25, 0.3) is 5.65 Å². The van der Waals surface area contributed by atoms with E-state index in [1.165, 1.54) is 38.5 Å². The number of fused-ring (bicyclic) bond motifs is 1. The molecule has 0 aliphatic heterocycles. The molecule has 2 aromatic rings. The molecule has 0 saturated heterocycles. The van der Waals surface area contributed by atoms with Crippen LogP contribution in [0, 0.1) is 0 Å². The second kappa shape index (κ2) is 12.9. The summed E-state index contributed by atoms with van der Waals surface area (Å²) in [6, 6.07) is 5.95. The summed E-state index contributed by atoms with van der Waals surface area (Å²) in [5.74, 6) is 1.82. The number of aromatic nitrogens is 3. The number of pyridine rings is 1. The highest BCUT2D eigenvalue weighted by molar-refractivity contribution is 14.0. The minimum Gasteiger partial charge on any atom is -0.376 e. The molecule has 2 aromatic heterocycles. The maximum Gasteiger partial charge on any atom is 0.191 e. The number of guanidine groups is 1. The molecule has 156 valence electrons. The molecule has 0 unspecified atom stereocenters. The standard InChI is InChI=1S/C20H32N6O.HI/c1-21-20(23-14-16-27-17-9-4-2-3-5-10-17)22-13-8-12-19-25-24-18-11-6-7-15-26(18)19;/h6-7,11,15,17H,2-5,8-10,12-14,16H2,1H3,(H2,21,22,23);1H. The second-order valence-electron chi connectivity index (χ2n) is 7.06. The van der Waals surface area contributed by atoms with Crippen LogP contribution in [0.1, 0.15) is 50.8 Å². The van der Waals surface area contributed by atoms with Crippen molar-refractivity contribution in [2.75, 3.05) is 26.7 Å². The Morgan fingerprint density at radius 2 is 1.93 bits per heavy atom. The molecule has 1 aliphatic rings. The lowest BCUT2D eigenvalue weighted by molar-refractivity contribution is 0.0468. The maximum absolute atomic E-state index is 6.01. The number of ether oxygens (including phenoxy) is 1. The second-order valence-corrected chi connectivity index (χ2v) is 7.06. The summed E-state index contributed by atoms with van der Waals surface area (Å²) in [6.07, 6.45) is 12.1. The Hall–Kier alpha value is -1.42. The molecular weight excluding hydrogens is 467 g/mol. The number of hydrogen-bond acceptors (Lipinski definition) is 4. The molecule has 3 rings (SSSR count). The van der Waals surface area contributed by atoms with Crippen LogP contribution in [0.3, 0.4) is 0 Å². The van der Waals surface area contributed by atoms with Crippen molar-refractivity contribution in [3.05, 3.63) is 30.2 Å². The van der Waals surface area contributed by atoms with Crippen LogP contribution in [0.2, 0.25) is 0 Å². The van der Waals surface area contributed by atoms with Gasteiger partial charge in [-0.2, -0.15) is 0 Å². The lowest BCUT2D eigenvalue weighted by atomic mass is 10.1. The Morgan fingerprint density at radius 3 is 2.71 bits per heavy atom. The molecular formula is C20H33IN6O. The van der Waals surface area contributed by atoms with Gasteiger partial charge in [0.15, 0.2) is 11.6 Å². The number of aliphatic imine (C=N–C) groups is 1. The van der Waals surface area contributed by atoms with E-state index in [4.69, 9.17) is 4.74 Å². The van der Waals surface area contributed by atoms with Crippen LogP contribution < -0.4 is 10.6 Å². The smallest absolute Gasteiger partial charge is 0.191 e. The van der Waals surface area contributed by atoms with E-state index in [1.54, 1.807) is 7.05 Å². The van der Waals surface area contributed by atoms with E-state index in [1.807, 2.05) is 28.8 Å². The van der Waals surface area contributed by atoms with Crippen molar-refractivity contribution in [2.24, 2.45) is 4.99 Å². The monoisotopic (exact) mass is 500 g/mol. The third-order valence-corrected chi connectivity index (χ3v) is 5.03. The summed E-state index contributed by atoms with van der Waals surface area (Å²) in [5, 5.41) is 15.1. The van der Waals surface area contributed by atoms with Gasteiger partial charge in [0.1, 0.15) is 5.82 Å². The third-order valence-electron chi connectivity index (χ3n) is 5.03. The van der Waals surface area contributed by atoms with Crippen LogP contribution >= 0.6 is 24.0 Å². The van der Waals surface area contributed by atoms with Gasteiger partial charge in [-0.25, -0.2) is 0 Å². The zero-order chi connectivity index (χ0) is 18.7. The van der Waals surface area contributed by atoms with Crippen LogP contribution in [0.15, 0.2) is 29.4 Å². The van der Waals surface area contributed by atoms with Gasteiger partial charge in [-0.15, -0.1) is 34.2 Å². The normalized spacial score (nSPS) is 15.8. The van der Waals surface area contributed by atoms with Crippen molar-refractivity contribution >= 4 is 35.6 Å². The first-order chi connectivity index (χ1) is 13.4. The van der Waals surface area contributed by atoms with Crippen molar-refractivity contribution in [2.45, 2.75) is 57.5 Å². The zero-order valence-corrected chi connectivity index (χ0v) is 19.1. The number of rotatable bonds is 8. The minimum absolute atomic E-state index is 0. The fourth-order valence-electron chi connectivity index (χ4n) is 3.54. The number of aryl methyl sites for hydroxylation is 1. The molecule has 0 spiro atoms. The minimum atomic E-state index is 0. The molecule has 2 heterocycles. The average Bonchev–Trinajstić information content (AvgIpc) is 2.93. The zero-order valence-electron chi connectivity index (χ0n) is 16.8. The molecule has 1 saturated carbocycles. The molecule has 1 aliphatic carbocycles. The number of halogens is 1. The highest BCUT2D eigenvalue weighted by Gasteiger charge is 2.12. The first-order valence-corrected chi connectivity index (χ1v) is 10.2. The molecule has 0 bridgehead atoms. The molecule has 0 atom stereocenters. The lowest BCUT2D eigenvalue weighted by Gasteiger charge is -2.16. The van der Waals surface area contributed by atoms with Gasteiger partial charge in [-0.1, -0.05) is 31.7 Å². The summed E-state index contributed by atoms with van der Waals surface area (Å²) >= 11 is 0. The van der Waals surface area contributed by atoms with Crippen molar-refractivity contribution in [3.8, 4) is 0 Å². The highest BCUT2D eigenvalue weighted by atomic mass is 127. The van der Waals surface area contributed by atoms with Crippen molar-refractivity contribution in [1.82, 2.24) is 25.2 Å². The van der Waals surface area contributed by atoms with Gasteiger partial charge in [0, 0.05) is 32.8 Å². The van der Waals surface area contributed by atoms with Crippen LogP contribution in [-0.2, 0) is 11.2 Å². The van der Waals surface area contributed by atoms with Gasteiger partial charge in [-0.05, 0) is 31.4 Å². The van der Waals surface area contributed by atoms with E-state index in [-0.39, 0.29) is 24.0 Å². The first-order valence-electron chi connectivity index (χ1n) is 10.2. The van der Waals surface area contributed by atoms with Gasteiger partial charge >= 0.3 is 0 Å². The Balaban J connectivity index is 0.00000280. The van der Waals surface area contributed by atoms with Crippen LogP contribution in [0.5, 0.6) is 0 Å². The lowest BCUT2D eigenvalue weighted by Crippen LogP contribution is -2.39. The van der Waals surface area contributed by atoms with E-state index in [0.29, 0.717) is 6.10 Å². The van der Waals surface area contributed by atoms with Crippen LogP contribution in [0.4, 0.5) is 0 Å². The van der Waals surface area contributed by atoms with E-state index >= 15 is 0 Å². The molecule has 1 fully saturated rings. The predicted octanol–water partition coefficient (Wildman–Crippen LogP) is 3.18. The van der Waals surface area contributed by atoms with E-state index < -0.39 is 0 Å². The molecule has 28 heavy (non-hydrogen) atoms. The SMILES string of the molecule is CN=C(NCCCc1nnc2ccccn12)NCCOC1CCCCCC1.I. The molecule has 8 heteroatoms. The first kappa shape index (κ1) is 22.9. The third kappa shape index (κ3) is 7.20. The summed E-state index contributed by atoms with van der Waals surface area (Å²) in [6.45, 7) is 2.35. The van der Waals surface area contributed by atoms with Gasteiger partial charge in [0.2, 0.25) is 0 Å². The predicted molar refractivity (Wildman–Crippen MR) is 124 cm³/mol. The Morgan fingerprint density at radius 1 is 1.14 bits per heavy atom. The number of nitrogens with zero attached hydrogens (tertiary/aromatic N) is 4. The summed E-state index contributed by atoms with van der Waals surface area (Å²) in [5.41, 5.74) is 0.895. The van der Waals surface area contributed by atoms with E-state index in [2.05, 4.69) is 25.8 Å². The van der Waals surface area contributed by atoms with Gasteiger partial charge < -0.3 is 15.4 Å². The van der Waals surface area contributed by atoms with E-state index in [9.17, 15) is 0 Å². The van der Waals surface area contributed by atoms with Crippen molar-refractivity contribution in [3.63, 3.8) is 0 Å². The fraction of sp³-hybridized carbons (Fsp3) is 0.650.